The first-order chi connectivity index (χ1) is 10.1. The highest BCUT2D eigenvalue weighted by molar-refractivity contribution is 6.30. The maximum absolute atomic E-state index is 13.8. The van der Waals surface area contributed by atoms with Crippen molar-refractivity contribution in [2.24, 2.45) is 0 Å². The van der Waals surface area contributed by atoms with Crippen LogP contribution < -0.4 is 0 Å². The van der Waals surface area contributed by atoms with Crippen LogP contribution in [-0.4, -0.2) is 11.1 Å². The van der Waals surface area contributed by atoms with Crippen LogP contribution in [0.4, 0.5) is 4.39 Å². The Morgan fingerprint density at radius 1 is 1.14 bits per heavy atom. The van der Waals surface area contributed by atoms with E-state index in [1.54, 1.807) is 30.3 Å². The van der Waals surface area contributed by atoms with Crippen molar-refractivity contribution >= 4 is 23.1 Å². The number of hydrogen-bond acceptors (Lipinski definition) is 1. The lowest BCUT2D eigenvalue weighted by molar-refractivity contribution is -0.131. The van der Waals surface area contributed by atoms with E-state index >= 15 is 0 Å². The van der Waals surface area contributed by atoms with Gasteiger partial charge in [0.05, 0.1) is 0 Å². The Labute approximate surface area is 127 Å². The Hall–Kier alpha value is -2.13. The van der Waals surface area contributed by atoms with Gasteiger partial charge >= 0.3 is 5.97 Å². The molecule has 2 aromatic rings. The van der Waals surface area contributed by atoms with Gasteiger partial charge in [0.15, 0.2) is 0 Å². The molecule has 0 unspecified atom stereocenters. The van der Waals surface area contributed by atoms with Crippen molar-refractivity contribution < 1.29 is 14.3 Å². The fourth-order valence-electron chi connectivity index (χ4n) is 2.09. The fourth-order valence-corrected chi connectivity index (χ4v) is 2.21. The van der Waals surface area contributed by atoms with Crippen LogP contribution in [0.1, 0.15) is 17.5 Å². The van der Waals surface area contributed by atoms with Crippen molar-refractivity contribution in [3.8, 4) is 0 Å². The van der Waals surface area contributed by atoms with Gasteiger partial charge in [-0.25, -0.2) is 9.18 Å². The van der Waals surface area contributed by atoms with Gasteiger partial charge in [-0.15, -0.1) is 0 Å². The van der Waals surface area contributed by atoms with Crippen molar-refractivity contribution in [1.82, 2.24) is 0 Å². The van der Waals surface area contributed by atoms with Crippen molar-refractivity contribution in [3.05, 3.63) is 76.6 Å². The Balaban J connectivity index is 2.20. The van der Waals surface area contributed by atoms with Crippen LogP contribution >= 0.6 is 11.6 Å². The minimum absolute atomic E-state index is 0.328. The van der Waals surface area contributed by atoms with E-state index in [1.165, 1.54) is 6.07 Å². The van der Waals surface area contributed by atoms with Gasteiger partial charge in [-0.05, 0) is 42.2 Å². The van der Waals surface area contributed by atoms with E-state index in [0.717, 1.165) is 11.6 Å². The van der Waals surface area contributed by atoms with E-state index in [-0.39, 0.29) is 0 Å². The quantitative estimate of drug-likeness (QED) is 0.821. The summed E-state index contributed by atoms with van der Waals surface area (Å²) in [6.45, 7) is 0. The number of aliphatic carboxylic acids is 1. The molecule has 21 heavy (non-hydrogen) atoms. The summed E-state index contributed by atoms with van der Waals surface area (Å²) in [6.07, 6.45) is 2.12. The molecule has 1 N–H and O–H groups in total. The third-order valence-corrected chi connectivity index (χ3v) is 3.37. The number of hydrogen-bond donors (Lipinski definition) is 1. The molecule has 2 aromatic carbocycles. The van der Waals surface area contributed by atoms with Crippen molar-refractivity contribution in [2.45, 2.75) is 12.8 Å². The molecule has 108 valence electrons. The zero-order valence-electron chi connectivity index (χ0n) is 11.2. The summed E-state index contributed by atoms with van der Waals surface area (Å²) in [7, 11) is 0. The molecule has 0 atom stereocenters. The number of benzene rings is 2. The van der Waals surface area contributed by atoms with Gasteiger partial charge in [-0.1, -0.05) is 41.9 Å². The van der Waals surface area contributed by atoms with E-state index in [9.17, 15) is 9.18 Å². The number of rotatable bonds is 5. The van der Waals surface area contributed by atoms with Crippen molar-refractivity contribution in [3.63, 3.8) is 0 Å². The Morgan fingerprint density at radius 3 is 2.43 bits per heavy atom. The van der Waals surface area contributed by atoms with Crippen LogP contribution in [0.25, 0.3) is 5.57 Å². The minimum Gasteiger partial charge on any atom is -0.478 e. The highest BCUT2D eigenvalue weighted by Crippen LogP contribution is 2.23. The van der Waals surface area contributed by atoms with E-state index in [1.807, 2.05) is 12.1 Å². The number of carbonyl (C=O) groups is 1. The molecule has 0 bridgehead atoms. The average Bonchev–Trinajstić information content (AvgIpc) is 2.45. The van der Waals surface area contributed by atoms with E-state index in [2.05, 4.69) is 0 Å². The van der Waals surface area contributed by atoms with Crippen LogP contribution in [-0.2, 0) is 11.2 Å². The Bertz CT molecular complexity index is 663. The molecule has 0 saturated carbocycles. The second-order valence-electron chi connectivity index (χ2n) is 4.61. The van der Waals surface area contributed by atoms with Gasteiger partial charge in [0.2, 0.25) is 0 Å². The van der Waals surface area contributed by atoms with Crippen molar-refractivity contribution in [1.29, 1.82) is 0 Å². The molecule has 0 aliphatic rings. The van der Waals surface area contributed by atoms with Crippen LogP contribution in [0, 0.1) is 5.82 Å². The molecular formula is C17H14ClFO2. The maximum atomic E-state index is 13.8. The number of carboxylic acids is 1. The SMILES string of the molecule is O=C(O)C=C(CCc1ccc(Cl)cc1)c1ccccc1F. The summed E-state index contributed by atoms with van der Waals surface area (Å²) in [5.41, 5.74) is 1.82. The van der Waals surface area contributed by atoms with Gasteiger partial charge in [0, 0.05) is 16.7 Å². The standard InChI is InChI=1S/C17H14ClFO2/c18-14-9-6-12(7-10-14)5-8-13(11-17(20)21)15-3-1-2-4-16(15)19/h1-4,6-7,9-11H,5,8H2,(H,20,21). The van der Waals surface area contributed by atoms with Gasteiger partial charge in [-0.2, -0.15) is 0 Å². The largest absolute Gasteiger partial charge is 0.478 e. The molecule has 4 heteroatoms. The predicted molar refractivity (Wildman–Crippen MR) is 81.8 cm³/mol. The topological polar surface area (TPSA) is 37.3 Å². The summed E-state index contributed by atoms with van der Waals surface area (Å²) in [4.78, 5) is 10.9. The third kappa shape index (κ3) is 4.43. The van der Waals surface area contributed by atoms with Gasteiger partial charge < -0.3 is 5.11 Å². The smallest absolute Gasteiger partial charge is 0.328 e. The lowest BCUT2D eigenvalue weighted by atomic mass is 9.97. The number of allylic oxidation sites excluding steroid dienone is 1. The van der Waals surface area contributed by atoms with Crippen LogP contribution in [0.3, 0.4) is 0 Å². The van der Waals surface area contributed by atoms with E-state index in [4.69, 9.17) is 16.7 Å². The summed E-state index contributed by atoms with van der Waals surface area (Å²) >= 11 is 5.82. The lowest BCUT2D eigenvalue weighted by Gasteiger charge is -2.09. The Kier molecular flexibility index (Phi) is 5.12. The average molecular weight is 305 g/mol. The van der Waals surface area contributed by atoms with Gasteiger partial charge in [-0.3, -0.25) is 0 Å². The highest BCUT2D eigenvalue weighted by Gasteiger charge is 2.09. The molecule has 0 saturated heterocycles. The van der Waals surface area contributed by atoms with Gasteiger partial charge in [0.1, 0.15) is 5.82 Å². The van der Waals surface area contributed by atoms with Gasteiger partial charge in [0.25, 0.3) is 0 Å². The summed E-state index contributed by atoms with van der Waals surface area (Å²) in [5, 5.41) is 9.60. The third-order valence-electron chi connectivity index (χ3n) is 3.11. The first kappa shape index (κ1) is 15.3. The number of carboxylic acid groups (broad SMARTS) is 1. The number of aryl methyl sites for hydroxylation is 1. The predicted octanol–water partition coefficient (Wildman–Crippen LogP) is 4.58. The van der Waals surface area contributed by atoms with E-state index in [0.29, 0.717) is 29.0 Å². The van der Waals surface area contributed by atoms with Crippen molar-refractivity contribution in [2.75, 3.05) is 0 Å². The molecule has 0 fully saturated rings. The van der Waals surface area contributed by atoms with Crippen LogP contribution in [0.2, 0.25) is 5.02 Å². The fraction of sp³-hybridized carbons (Fsp3) is 0.118. The first-order valence-electron chi connectivity index (χ1n) is 6.49. The van der Waals surface area contributed by atoms with E-state index < -0.39 is 11.8 Å². The zero-order valence-corrected chi connectivity index (χ0v) is 12.0. The zero-order chi connectivity index (χ0) is 15.2. The molecule has 2 rings (SSSR count). The molecule has 0 aromatic heterocycles. The highest BCUT2D eigenvalue weighted by atomic mass is 35.5. The first-order valence-corrected chi connectivity index (χ1v) is 6.87. The molecule has 0 radical (unpaired) electrons. The summed E-state index contributed by atoms with van der Waals surface area (Å²) in [5.74, 6) is -1.49. The second kappa shape index (κ2) is 7.04. The lowest BCUT2D eigenvalue weighted by Crippen LogP contribution is -1.97. The second-order valence-corrected chi connectivity index (χ2v) is 5.05. The normalized spacial score (nSPS) is 11.4. The monoisotopic (exact) mass is 304 g/mol. The Morgan fingerprint density at radius 2 is 1.81 bits per heavy atom. The van der Waals surface area contributed by atoms with Crippen LogP contribution in [0.5, 0.6) is 0 Å². The van der Waals surface area contributed by atoms with Crippen LogP contribution in [0.15, 0.2) is 54.6 Å². The number of halogens is 2. The maximum Gasteiger partial charge on any atom is 0.328 e. The molecule has 0 spiro atoms. The molecule has 0 amide bonds. The summed E-state index contributed by atoms with van der Waals surface area (Å²) in [6, 6.07) is 13.5. The molecular weight excluding hydrogens is 291 g/mol. The molecule has 0 heterocycles. The molecule has 0 aliphatic heterocycles. The molecule has 2 nitrogen and oxygen atoms in total. The minimum atomic E-state index is -1.08. The summed E-state index contributed by atoms with van der Waals surface area (Å²) < 4.78 is 13.8. The molecule has 0 aliphatic carbocycles.